The number of rotatable bonds is 6. The first-order chi connectivity index (χ1) is 12.9. The molecule has 2 aliphatic rings. The van der Waals surface area contributed by atoms with Crippen molar-refractivity contribution >= 4 is 28.3 Å². The van der Waals surface area contributed by atoms with E-state index in [2.05, 4.69) is 12.1 Å². The Balaban J connectivity index is 0.00000280. The van der Waals surface area contributed by atoms with Gasteiger partial charge < -0.3 is 10.6 Å². The van der Waals surface area contributed by atoms with Gasteiger partial charge in [-0.3, -0.25) is 4.79 Å². The number of carbonyl (C=O) groups excluding carboxylic acids is 1. The molecular formula is C20H32ClN3O3S. The van der Waals surface area contributed by atoms with E-state index >= 15 is 0 Å². The van der Waals surface area contributed by atoms with E-state index in [-0.39, 0.29) is 41.9 Å². The second kappa shape index (κ2) is 10.1. The van der Waals surface area contributed by atoms with E-state index in [0.717, 1.165) is 6.42 Å². The van der Waals surface area contributed by atoms with Gasteiger partial charge in [-0.25, -0.2) is 12.7 Å². The molecular weight excluding hydrogens is 398 g/mol. The highest BCUT2D eigenvalue weighted by Crippen LogP contribution is 2.29. The molecule has 2 aliphatic heterocycles. The van der Waals surface area contributed by atoms with Gasteiger partial charge in [-0.1, -0.05) is 43.7 Å². The largest absolute Gasteiger partial charge is 0.340 e. The number of sulfonamides is 1. The molecule has 2 atom stereocenters. The average Bonchev–Trinajstić information content (AvgIpc) is 3.08. The number of benzene rings is 1. The lowest BCUT2D eigenvalue weighted by molar-refractivity contribution is -0.135. The van der Waals surface area contributed by atoms with Gasteiger partial charge in [0.05, 0.1) is 5.75 Å². The predicted octanol–water partition coefficient (Wildman–Crippen LogP) is 2.20. The summed E-state index contributed by atoms with van der Waals surface area (Å²) in [4.78, 5) is 14.8. The summed E-state index contributed by atoms with van der Waals surface area (Å²) in [7, 11) is -3.18. The van der Waals surface area contributed by atoms with Crippen LogP contribution in [0, 0.1) is 5.92 Å². The summed E-state index contributed by atoms with van der Waals surface area (Å²) in [6.07, 6.45) is 2.76. The quantitative estimate of drug-likeness (QED) is 0.751. The van der Waals surface area contributed by atoms with Crippen molar-refractivity contribution in [2.24, 2.45) is 11.7 Å². The van der Waals surface area contributed by atoms with Gasteiger partial charge in [0.25, 0.3) is 0 Å². The normalized spacial score (nSPS) is 24.1. The monoisotopic (exact) mass is 429 g/mol. The van der Waals surface area contributed by atoms with Crippen LogP contribution in [0.5, 0.6) is 0 Å². The van der Waals surface area contributed by atoms with Gasteiger partial charge in [0.1, 0.15) is 0 Å². The maximum atomic E-state index is 13.0. The Labute approximate surface area is 174 Å². The first-order valence-corrected chi connectivity index (χ1v) is 11.6. The number of nitrogens with two attached hydrogens (primary N) is 1. The van der Waals surface area contributed by atoms with Crippen LogP contribution in [0.1, 0.15) is 44.1 Å². The van der Waals surface area contributed by atoms with Crippen LogP contribution in [0.2, 0.25) is 0 Å². The first-order valence-electron chi connectivity index (χ1n) is 9.99. The van der Waals surface area contributed by atoms with E-state index in [1.165, 1.54) is 5.56 Å². The van der Waals surface area contributed by atoms with Crippen molar-refractivity contribution in [3.05, 3.63) is 35.9 Å². The molecule has 28 heavy (non-hydrogen) atoms. The third-order valence-electron chi connectivity index (χ3n) is 5.86. The zero-order valence-electron chi connectivity index (χ0n) is 16.5. The van der Waals surface area contributed by atoms with E-state index in [1.54, 1.807) is 4.31 Å². The minimum atomic E-state index is -3.18. The van der Waals surface area contributed by atoms with Gasteiger partial charge in [0, 0.05) is 44.1 Å². The Hall–Kier alpha value is -1.15. The van der Waals surface area contributed by atoms with Crippen LogP contribution < -0.4 is 5.73 Å². The zero-order chi connectivity index (χ0) is 19.4. The van der Waals surface area contributed by atoms with Crippen LogP contribution >= 0.6 is 12.4 Å². The lowest BCUT2D eigenvalue weighted by atomic mass is 9.95. The number of nitrogens with zero attached hydrogens (tertiary/aromatic N) is 2. The minimum absolute atomic E-state index is 0. The van der Waals surface area contributed by atoms with Crippen LogP contribution in [0.25, 0.3) is 0 Å². The second-order valence-electron chi connectivity index (χ2n) is 7.77. The summed E-state index contributed by atoms with van der Waals surface area (Å²) < 4.78 is 26.2. The first kappa shape index (κ1) is 23.1. The van der Waals surface area contributed by atoms with Crippen molar-refractivity contribution in [2.75, 3.05) is 31.9 Å². The van der Waals surface area contributed by atoms with Crippen LogP contribution in [-0.4, -0.2) is 61.5 Å². The van der Waals surface area contributed by atoms with Crippen molar-refractivity contribution in [2.45, 2.75) is 44.6 Å². The number of amides is 1. The molecule has 1 amide bonds. The number of piperidine rings is 1. The number of carbonyl (C=O) groups is 1. The maximum Gasteiger partial charge on any atom is 0.225 e. The molecule has 3 rings (SSSR count). The van der Waals surface area contributed by atoms with E-state index in [9.17, 15) is 13.2 Å². The van der Waals surface area contributed by atoms with Gasteiger partial charge in [0.15, 0.2) is 0 Å². The van der Waals surface area contributed by atoms with Crippen molar-refractivity contribution in [1.29, 1.82) is 0 Å². The molecule has 2 saturated heterocycles. The Morgan fingerprint density at radius 1 is 1.14 bits per heavy atom. The fourth-order valence-corrected chi connectivity index (χ4v) is 5.84. The van der Waals surface area contributed by atoms with Crippen molar-refractivity contribution in [3.63, 3.8) is 0 Å². The number of hydrogen-bond acceptors (Lipinski definition) is 4. The Kier molecular flexibility index (Phi) is 8.30. The zero-order valence-corrected chi connectivity index (χ0v) is 18.1. The minimum Gasteiger partial charge on any atom is -0.340 e. The van der Waals surface area contributed by atoms with Crippen molar-refractivity contribution in [3.8, 4) is 0 Å². The van der Waals surface area contributed by atoms with E-state index in [4.69, 9.17) is 5.73 Å². The number of unbranched alkanes of at least 4 members (excludes halogenated alkanes) is 1. The maximum absolute atomic E-state index is 13.0. The summed E-state index contributed by atoms with van der Waals surface area (Å²) >= 11 is 0. The molecule has 0 radical (unpaired) electrons. The summed E-state index contributed by atoms with van der Waals surface area (Å²) in [6.45, 7) is 4.12. The van der Waals surface area contributed by atoms with Crippen LogP contribution in [0.4, 0.5) is 0 Å². The molecule has 0 unspecified atom stereocenters. The lowest BCUT2D eigenvalue weighted by Crippen LogP contribution is -2.44. The lowest BCUT2D eigenvalue weighted by Gasteiger charge is -2.32. The highest BCUT2D eigenvalue weighted by molar-refractivity contribution is 7.89. The fourth-order valence-electron chi connectivity index (χ4n) is 4.16. The molecule has 0 aromatic heterocycles. The van der Waals surface area contributed by atoms with Gasteiger partial charge in [-0.05, 0) is 24.8 Å². The highest BCUT2D eigenvalue weighted by atomic mass is 35.5. The van der Waals surface area contributed by atoms with E-state index in [1.807, 2.05) is 30.0 Å². The third kappa shape index (κ3) is 5.26. The van der Waals surface area contributed by atoms with Gasteiger partial charge in [0.2, 0.25) is 15.9 Å². The molecule has 2 fully saturated rings. The molecule has 6 nitrogen and oxygen atoms in total. The highest BCUT2D eigenvalue weighted by Gasteiger charge is 2.38. The summed E-state index contributed by atoms with van der Waals surface area (Å²) in [5.41, 5.74) is 7.49. The predicted molar refractivity (Wildman–Crippen MR) is 114 cm³/mol. The molecule has 0 saturated carbocycles. The van der Waals surface area contributed by atoms with Crippen LogP contribution in [-0.2, 0) is 14.8 Å². The summed E-state index contributed by atoms with van der Waals surface area (Å²) in [5.74, 6) is 0.422. The molecule has 1 aromatic carbocycles. The van der Waals surface area contributed by atoms with Crippen molar-refractivity contribution in [1.82, 2.24) is 9.21 Å². The summed E-state index contributed by atoms with van der Waals surface area (Å²) in [5, 5.41) is 0. The van der Waals surface area contributed by atoms with E-state index in [0.29, 0.717) is 45.4 Å². The second-order valence-corrected chi connectivity index (χ2v) is 9.86. The SMILES string of the molecule is CCCCS(=O)(=O)N1CCC(C(=O)N2C[C@@H](N)[C@H](c3ccccc3)C2)CC1.Cl. The van der Waals surface area contributed by atoms with E-state index < -0.39 is 10.0 Å². The van der Waals surface area contributed by atoms with Gasteiger partial charge >= 0.3 is 0 Å². The van der Waals surface area contributed by atoms with Crippen LogP contribution in [0.15, 0.2) is 30.3 Å². The third-order valence-corrected chi connectivity index (χ3v) is 7.81. The smallest absolute Gasteiger partial charge is 0.225 e. The number of likely N-dealkylation sites (tertiary alicyclic amines) is 1. The standard InChI is InChI=1S/C20H31N3O3S.ClH/c1-2-3-13-27(25,26)23-11-9-17(10-12-23)20(24)22-14-18(19(21)15-22)16-7-5-4-6-8-16;/h4-8,17-19H,2-3,9-15,21H2,1H3;1H/t18-,19+;/m0./s1. The Bertz CT molecular complexity index is 736. The number of halogens is 1. The molecule has 0 spiro atoms. The molecule has 1 aromatic rings. The molecule has 0 bridgehead atoms. The fraction of sp³-hybridized carbons (Fsp3) is 0.650. The molecule has 2 N–H and O–H groups in total. The average molecular weight is 430 g/mol. The Morgan fingerprint density at radius 3 is 2.39 bits per heavy atom. The summed E-state index contributed by atoms with van der Waals surface area (Å²) in [6, 6.07) is 10.1. The van der Waals surface area contributed by atoms with Gasteiger partial charge in [-0.15, -0.1) is 12.4 Å². The van der Waals surface area contributed by atoms with Crippen molar-refractivity contribution < 1.29 is 13.2 Å². The Morgan fingerprint density at radius 2 is 1.79 bits per heavy atom. The molecule has 2 heterocycles. The molecule has 0 aliphatic carbocycles. The number of hydrogen-bond donors (Lipinski definition) is 1. The van der Waals surface area contributed by atoms with Crippen LogP contribution in [0.3, 0.4) is 0 Å². The molecule has 158 valence electrons. The topological polar surface area (TPSA) is 83.7 Å². The molecule has 8 heteroatoms. The van der Waals surface area contributed by atoms with Gasteiger partial charge in [-0.2, -0.15) is 0 Å².